The first-order chi connectivity index (χ1) is 14.9. The lowest BCUT2D eigenvalue weighted by Crippen LogP contribution is -2.20. The normalized spacial score (nSPS) is 11.0. The van der Waals surface area contributed by atoms with Gasteiger partial charge >= 0.3 is 0 Å². The van der Waals surface area contributed by atoms with Gasteiger partial charge in [-0.3, -0.25) is 9.59 Å². The van der Waals surface area contributed by atoms with Crippen LogP contribution in [0.1, 0.15) is 22.8 Å². The molecule has 0 heterocycles. The summed E-state index contributed by atoms with van der Waals surface area (Å²) in [5.74, 6) is -0.106. The molecule has 0 bridgehead atoms. The Hall–Kier alpha value is -3.35. The van der Waals surface area contributed by atoms with E-state index in [0.717, 1.165) is 5.56 Å². The number of carbonyl (C=O) groups is 2. The standard InChI is InChI=1S/C23H19Cl2N3O3/c1-15(27-28-23(30)16-5-7-18(24)8-6-16)17-3-2-4-20(13-17)26-22(29)14-31-21-11-9-19(25)10-12-21/h2-13H,14H2,1H3,(H,26,29)(H,28,30). The summed E-state index contributed by atoms with van der Waals surface area (Å²) < 4.78 is 5.44. The van der Waals surface area contributed by atoms with Gasteiger partial charge in [-0.2, -0.15) is 5.10 Å². The maximum absolute atomic E-state index is 12.2. The Kier molecular flexibility index (Phi) is 7.65. The van der Waals surface area contributed by atoms with Crippen molar-refractivity contribution in [2.45, 2.75) is 6.92 Å². The van der Waals surface area contributed by atoms with Crippen molar-refractivity contribution in [1.29, 1.82) is 0 Å². The smallest absolute Gasteiger partial charge is 0.271 e. The molecule has 3 aromatic carbocycles. The third-order valence-corrected chi connectivity index (χ3v) is 4.68. The van der Waals surface area contributed by atoms with Crippen molar-refractivity contribution in [1.82, 2.24) is 5.43 Å². The van der Waals surface area contributed by atoms with E-state index in [0.29, 0.717) is 32.8 Å². The number of nitrogens with zero attached hydrogens (tertiary/aromatic N) is 1. The third kappa shape index (κ3) is 6.84. The van der Waals surface area contributed by atoms with E-state index in [1.165, 1.54) is 0 Å². The van der Waals surface area contributed by atoms with Crippen molar-refractivity contribution in [2.24, 2.45) is 5.10 Å². The van der Waals surface area contributed by atoms with E-state index < -0.39 is 0 Å². The highest BCUT2D eigenvalue weighted by Gasteiger charge is 2.07. The topological polar surface area (TPSA) is 79.8 Å². The average molecular weight is 456 g/mol. The Bertz CT molecular complexity index is 1100. The van der Waals surface area contributed by atoms with E-state index in [1.54, 1.807) is 73.7 Å². The summed E-state index contributed by atoms with van der Waals surface area (Å²) in [6.07, 6.45) is 0. The van der Waals surface area contributed by atoms with Crippen LogP contribution in [0.25, 0.3) is 0 Å². The van der Waals surface area contributed by atoms with Gasteiger partial charge in [0.25, 0.3) is 11.8 Å². The van der Waals surface area contributed by atoms with Gasteiger partial charge in [0, 0.05) is 21.3 Å². The molecular weight excluding hydrogens is 437 g/mol. The SMILES string of the molecule is CC(=NNC(=O)c1ccc(Cl)cc1)c1cccc(NC(=O)COc2ccc(Cl)cc2)c1. The molecule has 0 spiro atoms. The summed E-state index contributed by atoms with van der Waals surface area (Å²) in [6, 6.07) is 20.4. The lowest BCUT2D eigenvalue weighted by molar-refractivity contribution is -0.118. The first kappa shape index (κ1) is 22.3. The van der Waals surface area contributed by atoms with Crippen LogP contribution in [-0.2, 0) is 4.79 Å². The molecule has 6 nitrogen and oxygen atoms in total. The van der Waals surface area contributed by atoms with Gasteiger partial charge in [-0.1, -0.05) is 35.3 Å². The quantitative estimate of drug-likeness (QED) is 0.381. The molecule has 0 saturated carbocycles. The van der Waals surface area contributed by atoms with Gasteiger partial charge in [-0.25, -0.2) is 5.43 Å². The molecule has 0 unspecified atom stereocenters. The van der Waals surface area contributed by atoms with Crippen molar-refractivity contribution >= 4 is 46.4 Å². The second kappa shape index (κ2) is 10.6. The van der Waals surface area contributed by atoms with Crippen molar-refractivity contribution in [3.8, 4) is 5.75 Å². The number of ether oxygens (including phenoxy) is 1. The summed E-state index contributed by atoms with van der Waals surface area (Å²) in [4.78, 5) is 24.3. The fraction of sp³-hybridized carbons (Fsp3) is 0.0870. The summed E-state index contributed by atoms with van der Waals surface area (Å²) in [5, 5.41) is 8.04. The van der Waals surface area contributed by atoms with E-state index in [2.05, 4.69) is 15.8 Å². The highest BCUT2D eigenvalue weighted by Crippen LogP contribution is 2.16. The zero-order chi connectivity index (χ0) is 22.2. The van der Waals surface area contributed by atoms with Gasteiger partial charge in [0.15, 0.2) is 6.61 Å². The number of hydrogen-bond acceptors (Lipinski definition) is 4. The van der Waals surface area contributed by atoms with Gasteiger partial charge in [0.1, 0.15) is 5.75 Å². The molecule has 0 aromatic heterocycles. The summed E-state index contributed by atoms with van der Waals surface area (Å²) in [5.41, 5.74) is 4.86. The predicted molar refractivity (Wildman–Crippen MR) is 123 cm³/mol. The highest BCUT2D eigenvalue weighted by atomic mass is 35.5. The summed E-state index contributed by atoms with van der Waals surface area (Å²) in [6.45, 7) is 1.61. The average Bonchev–Trinajstić information content (AvgIpc) is 2.77. The number of nitrogens with one attached hydrogen (secondary N) is 2. The number of amides is 2. The monoisotopic (exact) mass is 455 g/mol. The first-order valence-electron chi connectivity index (χ1n) is 9.29. The maximum Gasteiger partial charge on any atom is 0.271 e. The first-order valence-corrected chi connectivity index (χ1v) is 10.0. The molecule has 0 aliphatic heterocycles. The Morgan fingerprint density at radius 3 is 2.23 bits per heavy atom. The van der Waals surface area contributed by atoms with Crippen LogP contribution in [0, 0.1) is 0 Å². The van der Waals surface area contributed by atoms with Gasteiger partial charge in [-0.05, 0) is 73.2 Å². The van der Waals surface area contributed by atoms with Crippen molar-refractivity contribution in [3.63, 3.8) is 0 Å². The van der Waals surface area contributed by atoms with Gasteiger partial charge in [0.05, 0.1) is 5.71 Å². The molecule has 0 aliphatic rings. The van der Waals surface area contributed by atoms with Crippen molar-refractivity contribution < 1.29 is 14.3 Å². The molecule has 0 radical (unpaired) electrons. The lowest BCUT2D eigenvalue weighted by Gasteiger charge is -2.09. The molecule has 0 aliphatic carbocycles. The van der Waals surface area contributed by atoms with Crippen LogP contribution in [0.2, 0.25) is 10.0 Å². The molecule has 2 amide bonds. The van der Waals surface area contributed by atoms with E-state index in [-0.39, 0.29) is 18.4 Å². The Balaban J connectivity index is 1.57. The molecular formula is C23H19Cl2N3O3. The fourth-order valence-corrected chi connectivity index (χ4v) is 2.82. The number of halogens is 2. The number of hydrogen-bond donors (Lipinski definition) is 2. The highest BCUT2D eigenvalue weighted by molar-refractivity contribution is 6.30. The minimum Gasteiger partial charge on any atom is -0.484 e. The second-order valence-corrected chi connectivity index (χ2v) is 7.39. The maximum atomic E-state index is 12.2. The van der Waals surface area contributed by atoms with Crippen molar-refractivity contribution in [3.05, 3.63) is 94.0 Å². The summed E-state index contributed by atoms with van der Waals surface area (Å²) >= 11 is 11.7. The third-order valence-electron chi connectivity index (χ3n) is 4.18. The number of hydrazone groups is 1. The Morgan fingerprint density at radius 2 is 1.55 bits per heavy atom. The number of benzene rings is 3. The van der Waals surface area contributed by atoms with Gasteiger partial charge in [-0.15, -0.1) is 0 Å². The van der Waals surface area contributed by atoms with Crippen LogP contribution in [-0.4, -0.2) is 24.1 Å². The van der Waals surface area contributed by atoms with Crippen LogP contribution in [0.5, 0.6) is 5.75 Å². The predicted octanol–water partition coefficient (Wildman–Crippen LogP) is 5.16. The number of anilines is 1. The van der Waals surface area contributed by atoms with Crippen LogP contribution in [0.4, 0.5) is 5.69 Å². The second-order valence-electron chi connectivity index (χ2n) is 6.52. The zero-order valence-electron chi connectivity index (χ0n) is 16.6. The van der Waals surface area contributed by atoms with E-state index >= 15 is 0 Å². The van der Waals surface area contributed by atoms with Gasteiger partial charge < -0.3 is 10.1 Å². The van der Waals surface area contributed by atoms with E-state index in [1.807, 2.05) is 6.07 Å². The minimum atomic E-state index is -0.347. The largest absolute Gasteiger partial charge is 0.484 e. The molecule has 0 fully saturated rings. The molecule has 158 valence electrons. The van der Waals surface area contributed by atoms with Crippen LogP contribution >= 0.6 is 23.2 Å². The molecule has 0 saturated heterocycles. The minimum absolute atomic E-state index is 0.143. The van der Waals surface area contributed by atoms with Crippen LogP contribution in [0.15, 0.2) is 77.9 Å². The van der Waals surface area contributed by atoms with Crippen LogP contribution < -0.4 is 15.5 Å². The van der Waals surface area contributed by atoms with E-state index in [9.17, 15) is 9.59 Å². The molecule has 0 atom stereocenters. The molecule has 31 heavy (non-hydrogen) atoms. The Morgan fingerprint density at radius 1 is 0.903 bits per heavy atom. The molecule has 2 N–H and O–H groups in total. The molecule has 8 heteroatoms. The lowest BCUT2D eigenvalue weighted by atomic mass is 10.1. The van der Waals surface area contributed by atoms with E-state index in [4.69, 9.17) is 27.9 Å². The molecule has 3 aromatic rings. The summed E-state index contributed by atoms with van der Waals surface area (Å²) in [7, 11) is 0. The number of carbonyl (C=O) groups excluding carboxylic acids is 2. The number of rotatable bonds is 7. The zero-order valence-corrected chi connectivity index (χ0v) is 18.1. The Labute approximate surface area is 189 Å². The fourth-order valence-electron chi connectivity index (χ4n) is 2.56. The molecule has 3 rings (SSSR count). The van der Waals surface area contributed by atoms with Crippen molar-refractivity contribution in [2.75, 3.05) is 11.9 Å². The van der Waals surface area contributed by atoms with Gasteiger partial charge in [0.2, 0.25) is 0 Å². The van der Waals surface area contributed by atoms with Crippen LogP contribution in [0.3, 0.4) is 0 Å².